The maximum atomic E-state index is 10.1. The van der Waals surface area contributed by atoms with Gasteiger partial charge in [-0.3, -0.25) is 4.90 Å². The van der Waals surface area contributed by atoms with Gasteiger partial charge < -0.3 is 10.4 Å². The number of nitrogens with one attached hydrogen (secondary N) is 1. The number of para-hydroxylation sites is 1. The minimum atomic E-state index is 0. The molecule has 0 aliphatic carbocycles. The van der Waals surface area contributed by atoms with Gasteiger partial charge in [-0.05, 0) is 12.5 Å². The van der Waals surface area contributed by atoms with Crippen molar-refractivity contribution >= 4 is 24.8 Å². The standard InChI is InChI=1S/C14H20N2O.2ClH/c1-3-13(16-9-7-15-8-10-16)12-6-4-5-11(2)14(12)17;;/h3-6,13,15,17H,1,7-10H2,2H3;2*1H/t13-;;/m1../s1. The number of aryl methyl sites for hydroxylation is 1. The second-order valence-electron chi connectivity index (χ2n) is 4.48. The minimum Gasteiger partial charge on any atom is -0.507 e. The van der Waals surface area contributed by atoms with Gasteiger partial charge in [0.1, 0.15) is 5.75 Å². The quantitative estimate of drug-likeness (QED) is 0.843. The fraction of sp³-hybridized carbons (Fsp3) is 0.429. The minimum absolute atomic E-state index is 0. The highest BCUT2D eigenvalue weighted by Crippen LogP contribution is 2.31. The van der Waals surface area contributed by atoms with Crippen molar-refractivity contribution < 1.29 is 5.11 Å². The molecule has 1 aromatic rings. The van der Waals surface area contributed by atoms with Crippen molar-refractivity contribution in [2.75, 3.05) is 26.2 Å². The van der Waals surface area contributed by atoms with E-state index >= 15 is 0 Å². The smallest absolute Gasteiger partial charge is 0.123 e. The van der Waals surface area contributed by atoms with Crippen LogP contribution in [0.4, 0.5) is 0 Å². The summed E-state index contributed by atoms with van der Waals surface area (Å²) in [6.07, 6.45) is 1.92. The third kappa shape index (κ3) is 4.11. The highest BCUT2D eigenvalue weighted by atomic mass is 35.5. The molecular formula is C14H22Cl2N2O. The van der Waals surface area contributed by atoms with E-state index in [1.54, 1.807) is 0 Å². The van der Waals surface area contributed by atoms with Gasteiger partial charge in [0.15, 0.2) is 0 Å². The third-order valence-corrected chi connectivity index (χ3v) is 3.36. The maximum Gasteiger partial charge on any atom is 0.123 e. The van der Waals surface area contributed by atoms with Crippen LogP contribution in [0.15, 0.2) is 30.9 Å². The van der Waals surface area contributed by atoms with Gasteiger partial charge in [-0.15, -0.1) is 31.4 Å². The van der Waals surface area contributed by atoms with Crippen LogP contribution in [-0.4, -0.2) is 36.2 Å². The molecule has 0 spiro atoms. The normalized spacial score (nSPS) is 16.9. The fourth-order valence-corrected chi connectivity index (χ4v) is 2.35. The number of phenolic OH excluding ortho intramolecular Hbond substituents is 1. The molecule has 1 heterocycles. The van der Waals surface area contributed by atoms with Gasteiger partial charge >= 0.3 is 0 Å². The topological polar surface area (TPSA) is 35.5 Å². The Balaban J connectivity index is 0.00000162. The van der Waals surface area contributed by atoms with Crippen LogP contribution in [0.2, 0.25) is 0 Å². The van der Waals surface area contributed by atoms with E-state index in [0.717, 1.165) is 37.3 Å². The summed E-state index contributed by atoms with van der Waals surface area (Å²) in [5.74, 6) is 0.399. The lowest BCUT2D eigenvalue weighted by atomic mass is 10.0. The van der Waals surface area contributed by atoms with Gasteiger partial charge in [-0.1, -0.05) is 24.3 Å². The molecule has 1 atom stereocenters. The van der Waals surface area contributed by atoms with Crippen molar-refractivity contribution in [2.24, 2.45) is 0 Å². The molecule has 1 aromatic carbocycles. The summed E-state index contributed by atoms with van der Waals surface area (Å²) in [7, 11) is 0. The zero-order valence-electron chi connectivity index (χ0n) is 11.1. The third-order valence-electron chi connectivity index (χ3n) is 3.36. The summed E-state index contributed by atoms with van der Waals surface area (Å²) in [5.41, 5.74) is 1.88. The second-order valence-corrected chi connectivity index (χ2v) is 4.48. The molecule has 0 aromatic heterocycles. The molecule has 1 fully saturated rings. The van der Waals surface area contributed by atoms with E-state index in [0.29, 0.717) is 5.75 Å². The first-order valence-corrected chi connectivity index (χ1v) is 6.10. The summed E-state index contributed by atoms with van der Waals surface area (Å²) in [4.78, 5) is 2.35. The number of rotatable bonds is 3. The summed E-state index contributed by atoms with van der Waals surface area (Å²) >= 11 is 0. The van der Waals surface area contributed by atoms with Crippen molar-refractivity contribution in [3.8, 4) is 5.75 Å². The first-order chi connectivity index (χ1) is 8.24. The van der Waals surface area contributed by atoms with Crippen LogP contribution in [-0.2, 0) is 0 Å². The Hall–Kier alpha value is -0.740. The van der Waals surface area contributed by atoms with Crippen molar-refractivity contribution in [3.05, 3.63) is 42.0 Å². The molecule has 1 saturated heterocycles. The molecular weight excluding hydrogens is 283 g/mol. The summed E-state index contributed by atoms with van der Waals surface area (Å²) in [5, 5.41) is 13.5. The Morgan fingerprint density at radius 2 is 1.95 bits per heavy atom. The van der Waals surface area contributed by atoms with Crippen LogP contribution >= 0.6 is 24.8 Å². The average molecular weight is 305 g/mol. The largest absolute Gasteiger partial charge is 0.507 e. The van der Waals surface area contributed by atoms with Gasteiger partial charge in [0.05, 0.1) is 6.04 Å². The van der Waals surface area contributed by atoms with Crippen molar-refractivity contribution in [1.29, 1.82) is 0 Å². The Kier molecular flexibility index (Phi) is 8.11. The predicted octanol–water partition coefficient (Wildman–Crippen LogP) is 2.68. The van der Waals surface area contributed by atoms with Gasteiger partial charge in [0.25, 0.3) is 0 Å². The molecule has 19 heavy (non-hydrogen) atoms. The monoisotopic (exact) mass is 304 g/mol. The number of phenols is 1. The van der Waals surface area contributed by atoms with Gasteiger partial charge in [0, 0.05) is 31.7 Å². The Bertz CT molecular complexity index is 406. The van der Waals surface area contributed by atoms with Crippen LogP contribution < -0.4 is 5.32 Å². The number of piperazine rings is 1. The van der Waals surface area contributed by atoms with Gasteiger partial charge in [0.2, 0.25) is 0 Å². The van der Waals surface area contributed by atoms with E-state index in [1.165, 1.54) is 0 Å². The Morgan fingerprint density at radius 3 is 2.53 bits per heavy atom. The highest BCUT2D eigenvalue weighted by molar-refractivity contribution is 5.85. The van der Waals surface area contributed by atoms with Gasteiger partial charge in [-0.2, -0.15) is 0 Å². The van der Waals surface area contributed by atoms with Gasteiger partial charge in [-0.25, -0.2) is 0 Å². The lowest BCUT2D eigenvalue weighted by molar-refractivity contribution is 0.201. The molecule has 0 amide bonds. The van der Waals surface area contributed by atoms with Crippen molar-refractivity contribution in [3.63, 3.8) is 0 Å². The van der Waals surface area contributed by atoms with E-state index < -0.39 is 0 Å². The molecule has 1 aliphatic rings. The molecule has 0 bridgehead atoms. The molecule has 3 nitrogen and oxygen atoms in total. The molecule has 0 saturated carbocycles. The van der Waals surface area contributed by atoms with Crippen LogP contribution in [0.1, 0.15) is 17.2 Å². The molecule has 1 aliphatic heterocycles. The average Bonchev–Trinajstić information content (AvgIpc) is 2.37. The molecule has 0 radical (unpaired) electrons. The number of aromatic hydroxyl groups is 1. The number of hydrogen-bond acceptors (Lipinski definition) is 3. The van der Waals surface area contributed by atoms with E-state index in [1.807, 2.05) is 31.2 Å². The molecule has 2 N–H and O–H groups in total. The summed E-state index contributed by atoms with van der Waals surface area (Å²) in [6, 6.07) is 6.01. The highest BCUT2D eigenvalue weighted by Gasteiger charge is 2.22. The van der Waals surface area contributed by atoms with E-state index in [2.05, 4.69) is 16.8 Å². The summed E-state index contributed by atoms with van der Waals surface area (Å²) in [6.45, 7) is 9.81. The maximum absolute atomic E-state index is 10.1. The molecule has 108 valence electrons. The predicted molar refractivity (Wildman–Crippen MR) is 84.7 cm³/mol. The SMILES string of the molecule is C=C[C@H](c1cccc(C)c1O)N1CCNCC1.Cl.Cl. The van der Waals surface area contributed by atoms with E-state index in [9.17, 15) is 5.11 Å². The van der Waals surface area contributed by atoms with E-state index in [4.69, 9.17) is 0 Å². The Labute approximate surface area is 127 Å². The number of benzene rings is 1. The fourth-order valence-electron chi connectivity index (χ4n) is 2.35. The number of nitrogens with zero attached hydrogens (tertiary/aromatic N) is 1. The van der Waals surface area contributed by atoms with Crippen LogP contribution in [0.25, 0.3) is 0 Å². The number of hydrogen-bond donors (Lipinski definition) is 2. The first kappa shape index (κ1) is 18.3. The lowest BCUT2D eigenvalue weighted by Gasteiger charge is -2.33. The van der Waals surface area contributed by atoms with Crippen LogP contribution in [0, 0.1) is 6.92 Å². The molecule has 2 rings (SSSR count). The molecule has 5 heteroatoms. The zero-order chi connectivity index (χ0) is 12.3. The second kappa shape index (κ2) is 8.43. The Morgan fingerprint density at radius 1 is 1.32 bits per heavy atom. The van der Waals surface area contributed by atoms with Crippen LogP contribution in [0.5, 0.6) is 5.75 Å². The lowest BCUT2D eigenvalue weighted by Crippen LogP contribution is -2.44. The zero-order valence-corrected chi connectivity index (χ0v) is 12.8. The van der Waals surface area contributed by atoms with Crippen LogP contribution in [0.3, 0.4) is 0 Å². The first-order valence-electron chi connectivity index (χ1n) is 6.10. The van der Waals surface area contributed by atoms with E-state index in [-0.39, 0.29) is 30.9 Å². The van der Waals surface area contributed by atoms with Crippen molar-refractivity contribution in [2.45, 2.75) is 13.0 Å². The van der Waals surface area contributed by atoms with Crippen molar-refractivity contribution in [1.82, 2.24) is 10.2 Å². The number of halogens is 2. The summed E-state index contributed by atoms with van der Waals surface area (Å²) < 4.78 is 0. The molecule has 0 unspecified atom stereocenters.